The first-order chi connectivity index (χ1) is 4.89. The van der Waals surface area contributed by atoms with Crippen LogP contribution in [0.4, 0.5) is 0 Å². The molecule has 3 nitrogen and oxygen atoms in total. The summed E-state index contributed by atoms with van der Waals surface area (Å²) in [5.74, 6) is 0. The van der Waals surface area contributed by atoms with E-state index in [-0.39, 0.29) is 0 Å². The van der Waals surface area contributed by atoms with E-state index in [1.165, 1.54) is 19.5 Å². The summed E-state index contributed by atoms with van der Waals surface area (Å²) in [7, 11) is 1.89. The van der Waals surface area contributed by atoms with Crippen LogP contribution in [0.25, 0.3) is 0 Å². The van der Waals surface area contributed by atoms with Crippen molar-refractivity contribution < 1.29 is 0 Å². The van der Waals surface area contributed by atoms with Crippen molar-refractivity contribution in [2.75, 3.05) is 13.1 Å². The molecule has 0 bridgehead atoms. The summed E-state index contributed by atoms with van der Waals surface area (Å²) in [5, 5.41) is 6.94. The van der Waals surface area contributed by atoms with Gasteiger partial charge in [-0.2, -0.15) is 5.10 Å². The van der Waals surface area contributed by atoms with Crippen molar-refractivity contribution in [2.24, 2.45) is 7.05 Å². The third-order valence-electron chi connectivity index (χ3n) is 1.34. The Labute approximate surface area is 61.0 Å². The van der Waals surface area contributed by atoms with E-state index in [1.54, 1.807) is 10.9 Å². The monoisotopic (exact) mass is 139 g/mol. The van der Waals surface area contributed by atoms with Gasteiger partial charge in [-0.25, -0.2) is 0 Å². The molecule has 0 unspecified atom stereocenters. The van der Waals surface area contributed by atoms with Crippen molar-refractivity contribution in [3.05, 3.63) is 18.5 Å². The maximum Gasteiger partial charge on any atom is 0.0489 e. The predicted molar refractivity (Wildman–Crippen MR) is 40.7 cm³/mol. The van der Waals surface area contributed by atoms with Crippen LogP contribution in [-0.4, -0.2) is 22.9 Å². The van der Waals surface area contributed by atoms with Gasteiger partial charge >= 0.3 is 0 Å². The molecule has 0 spiro atoms. The van der Waals surface area contributed by atoms with Gasteiger partial charge in [0.15, 0.2) is 0 Å². The Morgan fingerprint density at radius 2 is 2.10 bits per heavy atom. The second-order valence-corrected chi connectivity index (χ2v) is 2.28. The molecular formula is C7H13N3. The zero-order valence-corrected chi connectivity index (χ0v) is 6.25. The highest BCUT2D eigenvalue weighted by Crippen LogP contribution is 1.80. The van der Waals surface area contributed by atoms with E-state index in [0.29, 0.717) is 0 Å². The molecule has 1 aliphatic rings. The Morgan fingerprint density at radius 3 is 2.20 bits per heavy atom. The highest BCUT2D eigenvalue weighted by atomic mass is 15.2. The van der Waals surface area contributed by atoms with Gasteiger partial charge in [-0.05, 0) is 25.6 Å². The van der Waals surface area contributed by atoms with Crippen molar-refractivity contribution in [2.45, 2.75) is 6.42 Å². The number of hydrogen-bond acceptors (Lipinski definition) is 2. The molecule has 0 saturated carbocycles. The zero-order chi connectivity index (χ0) is 7.23. The Hall–Kier alpha value is -0.830. The van der Waals surface area contributed by atoms with Crippen LogP contribution in [0.2, 0.25) is 0 Å². The van der Waals surface area contributed by atoms with E-state index in [9.17, 15) is 0 Å². The van der Waals surface area contributed by atoms with Gasteiger partial charge in [0.1, 0.15) is 0 Å². The Balaban J connectivity index is 0.000000108. The zero-order valence-electron chi connectivity index (χ0n) is 6.25. The van der Waals surface area contributed by atoms with Crippen molar-refractivity contribution in [1.82, 2.24) is 15.1 Å². The molecule has 0 amide bonds. The SMILES string of the molecule is C1CNC1.Cn1cccn1. The highest BCUT2D eigenvalue weighted by molar-refractivity contribution is 4.75. The molecule has 1 aromatic rings. The second kappa shape index (κ2) is 4.06. The van der Waals surface area contributed by atoms with Crippen molar-refractivity contribution >= 4 is 0 Å². The lowest BCUT2D eigenvalue weighted by atomic mass is 10.3. The summed E-state index contributed by atoms with van der Waals surface area (Å²) in [6.07, 6.45) is 5.03. The molecule has 2 rings (SSSR count). The summed E-state index contributed by atoms with van der Waals surface area (Å²) < 4.78 is 1.75. The third-order valence-corrected chi connectivity index (χ3v) is 1.34. The molecule has 1 fully saturated rings. The predicted octanol–water partition coefficient (Wildman–Crippen LogP) is 0.400. The molecule has 0 radical (unpaired) electrons. The van der Waals surface area contributed by atoms with Gasteiger partial charge in [-0.3, -0.25) is 4.68 Å². The Kier molecular flexibility index (Phi) is 2.96. The van der Waals surface area contributed by atoms with Crippen LogP contribution in [0.1, 0.15) is 6.42 Å². The fraction of sp³-hybridized carbons (Fsp3) is 0.571. The van der Waals surface area contributed by atoms with Crippen LogP contribution < -0.4 is 5.32 Å². The summed E-state index contributed by atoms with van der Waals surface area (Å²) in [6, 6.07) is 1.89. The summed E-state index contributed by atoms with van der Waals surface area (Å²) in [6.45, 7) is 2.50. The molecule has 0 aliphatic carbocycles. The number of nitrogens with one attached hydrogen (secondary N) is 1. The van der Waals surface area contributed by atoms with E-state index >= 15 is 0 Å². The van der Waals surface area contributed by atoms with Crippen LogP contribution in [-0.2, 0) is 7.05 Å². The van der Waals surface area contributed by atoms with E-state index in [1.807, 2.05) is 19.3 Å². The van der Waals surface area contributed by atoms with Gasteiger partial charge in [0.2, 0.25) is 0 Å². The van der Waals surface area contributed by atoms with Crippen molar-refractivity contribution in [3.63, 3.8) is 0 Å². The summed E-state index contributed by atoms with van der Waals surface area (Å²) in [4.78, 5) is 0. The largest absolute Gasteiger partial charge is 0.317 e. The Bertz CT molecular complexity index is 149. The first-order valence-electron chi connectivity index (χ1n) is 3.54. The minimum Gasteiger partial charge on any atom is -0.317 e. The standard InChI is InChI=1S/C4H6N2.C3H7N/c1-6-4-2-3-5-6;1-2-4-3-1/h2-4H,1H3;4H,1-3H2. The Morgan fingerprint density at radius 1 is 1.50 bits per heavy atom. The first kappa shape index (κ1) is 7.28. The molecule has 0 aromatic carbocycles. The highest BCUT2D eigenvalue weighted by Gasteiger charge is 1.92. The topological polar surface area (TPSA) is 29.9 Å². The number of hydrogen-bond donors (Lipinski definition) is 1. The lowest BCUT2D eigenvalue weighted by Crippen LogP contribution is -2.29. The summed E-state index contributed by atoms with van der Waals surface area (Å²) in [5.41, 5.74) is 0. The fourth-order valence-corrected chi connectivity index (χ4v) is 0.522. The molecule has 1 saturated heterocycles. The number of rotatable bonds is 0. The lowest BCUT2D eigenvalue weighted by Gasteiger charge is -2.09. The van der Waals surface area contributed by atoms with Crippen LogP contribution in [0.3, 0.4) is 0 Å². The van der Waals surface area contributed by atoms with Crippen LogP contribution in [0.15, 0.2) is 18.5 Å². The molecule has 1 N–H and O–H groups in total. The first-order valence-corrected chi connectivity index (χ1v) is 3.54. The molecule has 0 atom stereocenters. The number of nitrogens with zero attached hydrogens (tertiary/aromatic N) is 2. The number of aromatic nitrogens is 2. The van der Waals surface area contributed by atoms with E-state index in [0.717, 1.165) is 0 Å². The average Bonchev–Trinajstić information content (AvgIpc) is 2.12. The van der Waals surface area contributed by atoms with Gasteiger partial charge in [-0.15, -0.1) is 0 Å². The van der Waals surface area contributed by atoms with Gasteiger partial charge in [0.25, 0.3) is 0 Å². The lowest BCUT2D eigenvalue weighted by molar-refractivity contribution is 0.527. The average molecular weight is 139 g/mol. The number of aryl methyl sites for hydroxylation is 1. The second-order valence-electron chi connectivity index (χ2n) is 2.28. The van der Waals surface area contributed by atoms with Crippen LogP contribution in [0.5, 0.6) is 0 Å². The van der Waals surface area contributed by atoms with Gasteiger partial charge < -0.3 is 5.32 Å². The van der Waals surface area contributed by atoms with Gasteiger partial charge in [0.05, 0.1) is 0 Å². The quantitative estimate of drug-likeness (QED) is 0.564. The third kappa shape index (κ3) is 2.64. The van der Waals surface area contributed by atoms with Crippen LogP contribution >= 0.6 is 0 Å². The van der Waals surface area contributed by atoms with Gasteiger partial charge in [-0.1, -0.05) is 0 Å². The van der Waals surface area contributed by atoms with Crippen molar-refractivity contribution in [3.8, 4) is 0 Å². The fourth-order valence-electron chi connectivity index (χ4n) is 0.522. The van der Waals surface area contributed by atoms with Gasteiger partial charge in [0, 0.05) is 19.4 Å². The van der Waals surface area contributed by atoms with E-state index in [4.69, 9.17) is 0 Å². The molecule has 2 heterocycles. The maximum atomic E-state index is 3.83. The van der Waals surface area contributed by atoms with Crippen LogP contribution in [0, 0.1) is 0 Å². The minimum absolute atomic E-state index is 1.25. The molecular weight excluding hydrogens is 126 g/mol. The minimum atomic E-state index is 1.25. The molecule has 56 valence electrons. The van der Waals surface area contributed by atoms with Crippen molar-refractivity contribution in [1.29, 1.82) is 0 Å². The molecule has 1 aliphatic heterocycles. The molecule has 1 aromatic heterocycles. The molecule has 10 heavy (non-hydrogen) atoms. The van der Waals surface area contributed by atoms with E-state index < -0.39 is 0 Å². The normalized spacial score (nSPS) is 14.9. The smallest absolute Gasteiger partial charge is 0.0489 e. The summed E-state index contributed by atoms with van der Waals surface area (Å²) >= 11 is 0. The van der Waals surface area contributed by atoms with E-state index in [2.05, 4.69) is 10.4 Å². The maximum absolute atomic E-state index is 3.83. The molecule has 3 heteroatoms.